The Kier molecular flexibility index (Phi) is 3.54. The Morgan fingerprint density at radius 2 is 1.95 bits per heavy atom. The van der Waals surface area contributed by atoms with Crippen LogP contribution in [0.4, 0.5) is 0 Å². The first-order valence-corrected chi connectivity index (χ1v) is 7.47. The van der Waals surface area contributed by atoms with Crippen LogP contribution >= 0.6 is 0 Å². The van der Waals surface area contributed by atoms with Gasteiger partial charge in [-0.25, -0.2) is 0 Å². The third-order valence-corrected chi connectivity index (χ3v) is 4.83. The van der Waals surface area contributed by atoms with Gasteiger partial charge in [-0.2, -0.15) is 0 Å². The number of furan rings is 1. The van der Waals surface area contributed by atoms with Crippen LogP contribution in [0.5, 0.6) is 0 Å². The average Bonchev–Trinajstić information content (AvgIpc) is 3.02. The van der Waals surface area contributed by atoms with Crippen molar-refractivity contribution in [3.63, 3.8) is 0 Å². The third-order valence-electron chi connectivity index (χ3n) is 4.83. The average molecular weight is 280 g/mol. The highest BCUT2D eigenvalue weighted by atomic mass is 16.3. The summed E-state index contributed by atoms with van der Waals surface area (Å²) in [6, 6.07) is 13.9. The van der Waals surface area contributed by atoms with Gasteiger partial charge in [-0.1, -0.05) is 37.3 Å². The van der Waals surface area contributed by atoms with Crippen molar-refractivity contribution in [3.05, 3.63) is 65.6 Å². The lowest BCUT2D eigenvalue weighted by molar-refractivity contribution is -0.123. The first-order chi connectivity index (χ1) is 10.1. The van der Waals surface area contributed by atoms with Gasteiger partial charge in [0.15, 0.2) is 5.78 Å². The molecule has 1 aliphatic rings. The third kappa shape index (κ3) is 2.35. The molecule has 1 fully saturated rings. The minimum Gasteiger partial charge on any atom is -0.465 e. The molecule has 2 aromatic rings. The first-order valence-electron chi connectivity index (χ1n) is 7.47. The molecule has 1 aliphatic carbocycles. The standard InChI is InChI=1S/C19H20O2/c1-14-10-11-15(13-17-9-6-12-21-17)18(20)19(14,2)16-7-4-3-5-8-16/h3-9,12-14H,10-11H2,1-2H3/b15-13-. The molecule has 0 radical (unpaired) electrons. The maximum atomic E-state index is 13.1. The van der Waals surface area contributed by atoms with E-state index in [-0.39, 0.29) is 5.78 Å². The largest absolute Gasteiger partial charge is 0.465 e. The van der Waals surface area contributed by atoms with Gasteiger partial charge in [-0.05, 0) is 55.0 Å². The maximum absolute atomic E-state index is 13.1. The highest BCUT2D eigenvalue weighted by Crippen LogP contribution is 2.43. The fourth-order valence-electron chi connectivity index (χ4n) is 3.21. The van der Waals surface area contributed by atoms with Gasteiger partial charge < -0.3 is 4.42 Å². The van der Waals surface area contributed by atoms with E-state index in [1.54, 1.807) is 6.26 Å². The molecular weight excluding hydrogens is 260 g/mol. The van der Waals surface area contributed by atoms with Crippen molar-refractivity contribution in [2.75, 3.05) is 0 Å². The van der Waals surface area contributed by atoms with Gasteiger partial charge in [0.2, 0.25) is 0 Å². The molecule has 1 saturated carbocycles. The Morgan fingerprint density at radius 1 is 1.19 bits per heavy atom. The van der Waals surface area contributed by atoms with Crippen LogP contribution in [0.1, 0.15) is 38.0 Å². The van der Waals surface area contributed by atoms with Crippen LogP contribution in [-0.4, -0.2) is 5.78 Å². The van der Waals surface area contributed by atoms with E-state index in [1.807, 2.05) is 36.4 Å². The predicted octanol–water partition coefficient (Wildman–Crippen LogP) is 4.62. The van der Waals surface area contributed by atoms with E-state index in [9.17, 15) is 4.79 Å². The van der Waals surface area contributed by atoms with E-state index in [4.69, 9.17) is 4.42 Å². The molecule has 1 aromatic carbocycles. The number of hydrogen-bond donors (Lipinski definition) is 0. The maximum Gasteiger partial charge on any atom is 0.169 e. The highest BCUT2D eigenvalue weighted by Gasteiger charge is 2.44. The molecule has 0 amide bonds. The Morgan fingerprint density at radius 3 is 2.62 bits per heavy atom. The zero-order valence-electron chi connectivity index (χ0n) is 12.5. The molecule has 108 valence electrons. The number of carbonyl (C=O) groups is 1. The zero-order chi connectivity index (χ0) is 14.9. The van der Waals surface area contributed by atoms with E-state index in [1.165, 1.54) is 0 Å². The molecule has 0 aliphatic heterocycles. The summed E-state index contributed by atoms with van der Waals surface area (Å²) in [5, 5.41) is 0. The van der Waals surface area contributed by atoms with Crippen LogP contribution in [-0.2, 0) is 10.2 Å². The van der Waals surface area contributed by atoms with Gasteiger partial charge >= 0.3 is 0 Å². The second-order valence-corrected chi connectivity index (χ2v) is 6.02. The molecule has 3 rings (SSSR count). The van der Waals surface area contributed by atoms with Crippen LogP contribution in [0.15, 0.2) is 58.7 Å². The van der Waals surface area contributed by atoms with Crippen LogP contribution in [0.3, 0.4) is 0 Å². The number of rotatable bonds is 2. The lowest BCUT2D eigenvalue weighted by atomic mass is 9.62. The summed E-state index contributed by atoms with van der Waals surface area (Å²) in [7, 11) is 0. The summed E-state index contributed by atoms with van der Waals surface area (Å²) in [6.07, 6.45) is 5.38. The molecule has 0 spiro atoms. The van der Waals surface area contributed by atoms with Gasteiger partial charge in [-0.15, -0.1) is 0 Å². The Hall–Kier alpha value is -2.09. The summed E-state index contributed by atoms with van der Waals surface area (Å²) in [5.41, 5.74) is 1.53. The van der Waals surface area contributed by atoms with Crippen molar-refractivity contribution in [1.82, 2.24) is 0 Å². The van der Waals surface area contributed by atoms with E-state index < -0.39 is 5.41 Å². The molecule has 0 N–H and O–H groups in total. The number of Topliss-reactive ketones (excluding diaryl/α,β-unsaturated/α-hetero) is 1. The van der Waals surface area contributed by atoms with Gasteiger partial charge in [0.25, 0.3) is 0 Å². The molecule has 0 saturated heterocycles. The molecule has 1 heterocycles. The minimum absolute atomic E-state index is 0.226. The quantitative estimate of drug-likeness (QED) is 0.751. The van der Waals surface area contributed by atoms with Crippen LogP contribution in [0.2, 0.25) is 0 Å². The normalized spacial score (nSPS) is 28.0. The molecular formula is C19H20O2. The molecule has 0 bridgehead atoms. The minimum atomic E-state index is -0.446. The van der Waals surface area contributed by atoms with Crippen molar-refractivity contribution in [3.8, 4) is 0 Å². The smallest absolute Gasteiger partial charge is 0.169 e. The zero-order valence-corrected chi connectivity index (χ0v) is 12.5. The first kappa shape index (κ1) is 13.9. The SMILES string of the molecule is CC1CC/C(=C/c2ccco2)C(=O)C1(C)c1ccccc1. The fraction of sp³-hybridized carbons (Fsp3) is 0.316. The van der Waals surface area contributed by atoms with Crippen molar-refractivity contribution >= 4 is 11.9 Å². The molecule has 1 aromatic heterocycles. The van der Waals surface area contributed by atoms with Crippen molar-refractivity contribution < 1.29 is 9.21 Å². The Balaban J connectivity index is 2.02. The molecule has 2 unspecified atom stereocenters. The molecule has 2 heteroatoms. The second-order valence-electron chi connectivity index (χ2n) is 6.02. The Labute approximate surface area is 125 Å². The Bertz CT molecular complexity index is 652. The van der Waals surface area contributed by atoms with E-state index in [0.717, 1.165) is 29.7 Å². The number of carbonyl (C=O) groups excluding carboxylic acids is 1. The second kappa shape index (κ2) is 5.36. The van der Waals surface area contributed by atoms with Gasteiger partial charge in [0, 0.05) is 0 Å². The monoisotopic (exact) mass is 280 g/mol. The molecule has 2 nitrogen and oxygen atoms in total. The van der Waals surface area contributed by atoms with Crippen molar-refractivity contribution in [2.24, 2.45) is 5.92 Å². The van der Waals surface area contributed by atoms with Gasteiger partial charge in [-0.3, -0.25) is 4.79 Å². The highest BCUT2D eigenvalue weighted by molar-refractivity contribution is 6.07. The topological polar surface area (TPSA) is 30.2 Å². The van der Waals surface area contributed by atoms with E-state index in [2.05, 4.69) is 26.0 Å². The summed E-state index contributed by atoms with van der Waals surface area (Å²) >= 11 is 0. The molecule has 21 heavy (non-hydrogen) atoms. The van der Waals surface area contributed by atoms with Gasteiger partial charge in [0.1, 0.15) is 5.76 Å². The fourth-order valence-corrected chi connectivity index (χ4v) is 3.21. The number of benzene rings is 1. The number of allylic oxidation sites excluding steroid dienone is 1. The summed E-state index contributed by atoms with van der Waals surface area (Å²) < 4.78 is 5.36. The number of hydrogen-bond acceptors (Lipinski definition) is 2. The summed E-state index contributed by atoms with van der Waals surface area (Å²) in [6.45, 7) is 4.25. The summed E-state index contributed by atoms with van der Waals surface area (Å²) in [4.78, 5) is 13.1. The number of ketones is 1. The summed E-state index contributed by atoms with van der Waals surface area (Å²) in [5.74, 6) is 1.31. The van der Waals surface area contributed by atoms with Gasteiger partial charge in [0.05, 0.1) is 11.7 Å². The van der Waals surface area contributed by atoms with Crippen LogP contribution in [0, 0.1) is 5.92 Å². The van der Waals surface area contributed by atoms with Crippen LogP contribution < -0.4 is 0 Å². The molecule has 2 atom stereocenters. The van der Waals surface area contributed by atoms with Crippen molar-refractivity contribution in [1.29, 1.82) is 0 Å². The van der Waals surface area contributed by atoms with E-state index >= 15 is 0 Å². The van der Waals surface area contributed by atoms with Crippen LogP contribution in [0.25, 0.3) is 6.08 Å². The lowest BCUT2D eigenvalue weighted by Gasteiger charge is -2.39. The van der Waals surface area contributed by atoms with E-state index in [0.29, 0.717) is 5.92 Å². The predicted molar refractivity (Wildman–Crippen MR) is 83.9 cm³/mol. The lowest BCUT2D eigenvalue weighted by Crippen LogP contribution is -2.43. The van der Waals surface area contributed by atoms with Crippen molar-refractivity contribution in [2.45, 2.75) is 32.1 Å².